The number of carbonyl (C=O) groups is 1. The molecule has 0 atom stereocenters. The van der Waals surface area contributed by atoms with E-state index in [0.29, 0.717) is 13.2 Å². The lowest BCUT2D eigenvalue weighted by molar-refractivity contribution is -0.115. The predicted molar refractivity (Wildman–Crippen MR) is 56.3 cm³/mol. The van der Waals surface area contributed by atoms with E-state index in [-0.39, 0.29) is 6.61 Å². The van der Waals surface area contributed by atoms with Gasteiger partial charge in [0.1, 0.15) is 0 Å². The molecule has 0 unspecified atom stereocenters. The summed E-state index contributed by atoms with van der Waals surface area (Å²) in [4.78, 5) is 10.9. The average Bonchev–Trinajstić information content (AvgIpc) is 2.17. The summed E-state index contributed by atoms with van der Waals surface area (Å²) in [6.07, 6.45) is 0.750. The first-order chi connectivity index (χ1) is 6.60. The lowest BCUT2D eigenvalue weighted by atomic mass is 10.8. The quantitative estimate of drug-likeness (QED) is 0.522. The van der Waals surface area contributed by atoms with Crippen molar-refractivity contribution in [3.63, 3.8) is 0 Å². The number of methoxy groups -OCH3 is 2. The molecule has 14 heavy (non-hydrogen) atoms. The molecule has 1 N–H and O–H groups in total. The van der Waals surface area contributed by atoms with Crippen molar-refractivity contribution < 1.29 is 19.4 Å². The number of hydrogen-bond acceptors (Lipinski definition) is 4. The fourth-order valence-electron chi connectivity index (χ4n) is 0.167. The van der Waals surface area contributed by atoms with Crippen LogP contribution in [0.4, 0.5) is 0 Å². The molecule has 0 aliphatic carbocycles. The third-order valence-electron chi connectivity index (χ3n) is 0.702. The SMILES string of the molecule is CCO.CN(C)C=O.COCCOC. The molecule has 0 radical (unpaired) electrons. The molecular formula is C9H23NO4. The molecule has 0 bridgehead atoms. The third-order valence-corrected chi connectivity index (χ3v) is 0.702. The second-order valence-electron chi connectivity index (χ2n) is 2.37. The normalized spacial score (nSPS) is 7.57. The van der Waals surface area contributed by atoms with Gasteiger partial charge in [0.05, 0.1) is 13.2 Å². The fraction of sp³-hybridized carbons (Fsp3) is 0.889. The lowest BCUT2D eigenvalue weighted by Crippen LogP contribution is -2.06. The maximum absolute atomic E-state index is 9.43. The van der Waals surface area contributed by atoms with Crippen LogP contribution in [0.5, 0.6) is 0 Å². The molecule has 0 spiro atoms. The maximum Gasteiger partial charge on any atom is 0.209 e. The Bertz CT molecular complexity index is 84.9. The minimum Gasteiger partial charge on any atom is -0.397 e. The molecule has 1 amide bonds. The van der Waals surface area contributed by atoms with Crippen LogP contribution in [0.1, 0.15) is 6.92 Å². The van der Waals surface area contributed by atoms with Crippen molar-refractivity contribution in [1.29, 1.82) is 0 Å². The first kappa shape index (κ1) is 19.0. The Balaban J connectivity index is -0.000000138. The summed E-state index contributed by atoms with van der Waals surface area (Å²) in [5.41, 5.74) is 0. The van der Waals surface area contributed by atoms with Crippen molar-refractivity contribution >= 4 is 6.41 Å². The number of hydrogen-bond donors (Lipinski definition) is 1. The molecule has 5 nitrogen and oxygen atoms in total. The molecule has 5 heteroatoms. The van der Waals surface area contributed by atoms with Crippen LogP contribution in [0.15, 0.2) is 0 Å². The molecule has 0 aliphatic heterocycles. The van der Waals surface area contributed by atoms with Gasteiger partial charge in [-0.15, -0.1) is 0 Å². The van der Waals surface area contributed by atoms with Crippen LogP contribution < -0.4 is 0 Å². The number of amides is 1. The number of nitrogens with zero attached hydrogens (tertiary/aromatic N) is 1. The van der Waals surface area contributed by atoms with Crippen molar-refractivity contribution in [2.45, 2.75) is 6.92 Å². The van der Waals surface area contributed by atoms with E-state index in [1.54, 1.807) is 35.2 Å². The largest absolute Gasteiger partial charge is 0.397 e. The van der Waals surface area contributed by atoms with E-state index in [0.717, 1.165) is 6.41 Å². The first-order valence-electron chi connectivity index (χ1n) is 4.31. The molecule has 88 valence electrons. The van der Waals surface area contributed by atoms with Crippen LogP contribution in [0, 0.1) is 0 Å². The van der Waals surface area contributed by atoms with Crippen molar-refractivity contribution in [2.24, 2.45) is 0 Å². The first-order valence-corrected chi connectivity index (χ1v) is 4.31. The zero-order chi connectivity index (χ0) is 11.8. The number of rotatable bonds is 4. The summed E-state index contributed by atoms with van der Waals surface area (Å²) in [5, 5.41) is 7.57. The minimum absolute atomic E-state index is 0.250. The van der Waals surface area contributed by atoms with Crippen molar-refractivity contribution in [3.05, 3.63) is 0 Å². The van der Waals surface area contributed by atoms with E-state index in [9.17, 15) is 4.79 Å². The molecule has 0 aromatic carbocycles. The van der Waals surface area contributed by atoms with E-state index in [1.807, 2.05) is 0 Å². The monoisotopic (exact) mass is 209 g/mol. The third kappa shape index (κ3) is 64.3. The van der Waals surface area contributed by atoms with Gasteiger partial charge < -0.3 is 19.5 Å². The Kier molecular flexibility index (Phi) is 31.0. The number of ether oxygens (including phenoxy) is 2. The zero-order valence-electron chi connectivity index (χ0n) is 9.82. The molecule has 0 saturated carbocycles. The molecule has 0 heterocycles. The van der Waals surface area contributed by atoms with E-state index < -0.39 is 0 Å². The van der Waals surface area contributed by atoms with Gasteiger partial charge in [0.15, 0.2) is 0 Å². The van der Waals surface area contributed by atoms with Gasteiger partial charge in [-0.1, -0.05) is 0 Å². The Morgan fingerprint density at radius 3 is 1.50 bits per heavy atom. The predicted octanol–water partition coefficient (Wildman–Crippen LogP) is -0.0178. The molecule has 0 aromatic heterocycles. The van der Waals surface area contributed by atoms with Gasteiger partial charge in [-0.3, -0.25) is 4.79 Å². The van der Waals surface area contributed by atoms with Crippen LogP contribution >= 0.6 is 0 Å². The van der Waals surface area contributed by atoms with Crippen LogP contribution in [0.3, 0.4) is 0 Å². The summed E-state index contributed by atoms with van der Waals surface area (Å²) < 4.78 is 9.31. The summed E-state index contributed by atoms with van der Waals surface area (Å²) in [7, 11) is 6.68. The van der Waals surface area contributed by atoms with Crippen molar-refractivity contribution in [1.82, 2.24) is 4.90 Å². The zero-order valence-corrected chi connectivity index (χ0v) is 9.82. The van der Waals surface area contributed by atoms with Crippen LogP contribution in [-0.4, -0.2) is 64.6 Å². The van der Waals surface area contributed by atoms with Gasteiger partial charge in [-0.05, 0) is 6.92 Å². The molecular weight excluding hydrogens is 186 g/mol. The average molecular weight is 209 g/mol. The minimum atomic E-state index is 0.250. The lowest BCUT2D eigenvalue weighted by Gasteiger charge is -1.93. The van der Waals surface area contributed by atoms with Crippen LogP contribution in [-0.2, 0) is 14.3 Å². The highest BCUT2D eigenvalue weighted by atomic mass is 16.5. The van der Waals surface area contributed by atoms with E-state index >= 15 is 0 Å². The van der Waals surface area contributed by atoms with E-state index in [2.05, 4.69) is 9.47 Å². The van der Waals surface area contributed by atoms with Gasteiger partial charge in [0, 0.05) is 34.9 Å². The second kappa shape index (κ2) is 22.8. The summed E-state index contributed by atoms with van der Waals surface area (Å²) in [5.74, 6) is 0. The van der Waals surface area contributed by atoms with Gasteiger partial charge in [0.2, 0.25) is 6.41 Å². The smallest absolute Gasteiger partial charge is 0.209 e. The molecule has 0 aromatic rings. The van der Waals surface area contributed by atoms with E-state index in [1.165, 1.54) is 4.90 Å². The molecule has 0 fully saturated rings. The number of aliphatic hydroxyl groups excluding tert-OH is 1. The number of aliphatic hydroxyl groups is 1. The maximum atomic E-state index is 9.43. The fourth-order valence-corrected chi connectivity index (χ4v) is 0.167. The molecule has 0 saturated heterocycles. The highest BCUT2D eigenvalue weighted by Gasteiger charge is 1.73. The molecule has 0 rings (SSSR count). The van der Waals surface area contributed by atoms with Crippen molar-refractivity contribution in [3.8, 4) is 0 Å². The summed E-state index contributed by atoms with van der Waals surface area (Å²) >= 11 is 0. The highest BCUT2D eigenvalue weighted by Crippen LogP contribution is 1.65. The Hall–Kier alpha value is -0.650. The Morgan fingerprint density at radius 2 is 1.43 bits per heavy atom. The summed E-state index contributed by atoms with van der Waals surface area (Å²) in [6.45, 7) is 3.31. The Labute approximate surface area is 86.6 Å². The topological polar surface area (TPSA) is 59.0 Å². The second-order valence-corrected chi connectivity index (χ2v) is 2.37. The number of carbonyl (C=O) groups excluding carboxylic acids is 1. The van der Waals surface area contributed by atoms with Crippen LogP contribution in [0.2, 0.25) is 0 Å². The highest BCUT2D eigenvalue weighted by molar-refractivity contribution is 5.45. The van der Waals surface area contributed by atoms with Crippen LogP contribution in [0.25, 0.3) is 0 Å². The van der Waals surface area contributed by atoms with Gasteiger partial charge in [-0.25, -0.2) is 0 Å². The summed E-state index contributed by atoms with van der Waals surface area (Å²) in [6, 6.07) is 0. The van der Waals surface area contributed by atoms with E-state index in [4.69, 9.17) is 5.11 Å². The van der Waals surface area contributed by atoms with Gasteiger partial charge in [0.25, 0.3) is 0 Å². The molecule has 0 aliphatic rings. The standard InChI is InChI=1S/C4H10O2.C3H7NO.C2H6O/c1-5-3-4-6-2;1-4(2)3-5;1-2-3/h3-4H2,1-2H3;3H,1-2H3;3H,2H2,1H3. The van der Waals surface area contributed by atoms with Gasteiger partial charge >= 0.3 is 0 Å². The van der Waals surface area contributed by atoms with Gasteiger partial charge in [-0.2, -0.15) is 0 Å². The van der Waals surface area contributed by atoms with Crippen molar-refractivity contribution in [2.75, 3.05) is 48.1 Å². The Morgan fingerprint density at radius 1 is 1.21 bits per heavy atom.